The third kappa shape index (κ3) is 4.36. The van der Waals surface area contributed by atoms with Crippen LogP contribution < -0.4 is 10.1 Å². The van der Waals surface area contributed by atoms with Crippen molar-refractivity contribution in [2.24, 2.45) is 5.92 Å². The van der Waals surface area contributed by atoms with Gasteiger partial charge in [-0.3, -0.25) is 0 Å². The summed E-state index contributed by atoms with van der Waals surface area (Å²) in [4.78, 5) is 0. The topological polar surface area (TPSA) is 45.0 Å². The van der Waals surface area contributed by atoms with E-state index in [1.807, 2.05) is 30.3 Å². The predicted molar refractivity (Wildman–Crippen MR) is 70.1 cm³/mol. The molecule has 0 radical (unpaired) electrons. The van der Waals surface area contributed by atoms with Crippen molar-refractivity contribution in [2.75, 3.05) is 11.9 Å². The van der Waals surface area contributed by atoms with E-state index in [9.17, 15) is 0 Å². The first-order valence-electron chi connectivity index (χ1n) is 6.03. The van der Waals surface area contributed by atoms with Crippen LogP contribution in [-0.2, 0) is 0 Å². The molecule has 0 aliphatic carbocycles. The number of benzene rings is 1. The second-order valence-electron chi connectivity index (χ2n) is 4.37. The number of hydrogen-bond donors (Lipinski definition) is 1. The van der Waals surface area contributed by atoms with Crippen molar-refractivity contribution >= 4 is 5.69 Å². The largest absolute Gasteiger partial charge is 0.479 e. The van der Waals surface area contributed by atoms with E-state index in [0.717, 1.165) is 17.9 Å². The van der Waals surface area contributed by atoms with Crippen LogP contribution in [0, 0.1) is 17.2 Å². The Morgan fingerprint density at radius 1 is 1.29 bits per heavy atom. The van der Waals surface area contributed by atoms with Crippen molar-refractivity contribution in [3.63, 3.8) is 0 Å². The second kappa shape index (κ2) is 6.80. The van der Waals surface area contributed by atoms with E-state index in [2.05, 4.69) is 26.1 Å². The fraction of sp³-hybridized carbons (Fsp3) is 0.500. The fourth-order valence-corrected chi connectivity index (χ4v) is 1.72. The van der Waals surface area contributed by atoms with Gasteiger partial charge >= 0.3 is 0 Å². The Hall–Kier alpha value is -1.69. The summed E-state index contributed by atoms with van der Waals surface area (Å²) in [6.45, 7) is 6.70. The van der Waals surface area contributed by atoms with Crippen LogP contribution >= 0.6 is 0 Å². The second-order valence-corrected chi connectivity index (χ2v) is 4.37. The highest BCUT2D eigenvalue weighted by Gasteiger charge is 2.10. The van der Waals surface area contributed by atoms with Gasteiger partial charge in [-0.05, 0) is 36.6 Å². The summed E-state index contributed by atoms with van der Waals surface area (Å²) in [5.74, 6) is 1.34. The lowest BCUT2D eigenvalue weighted by Gasteiger charge is -2.22. The lowest BCUT2D eigenvalue weighted by Crippen LogP contribution is -2.24. The average Bonchev–Trinajstić information content (AvgIpc) is 2.34. The zero-order valence-electron chi connectivity index (χ0n) is 10.7. The molecule has 0 saturated heterocycles. The Kier molecular flexibility index (Phi) is 5.35. The van der Waals surface area contributed by atoms with E-state index >= 15 is 0 Å². The molecule has 1 unspecified atom stereocenters. The summed E-state index contributed by atoms with van der Waals surface area (Å²) in [5, 5.41) is 11.9. The van der Waals surface area contributed by atoms with Crippen LogP contribution in [-0.4, -0.2) is 12.6 Å². The van der Waals surface area contributed by atoms with Crippen LogP contribution in [0.2, 0.25) is 0 Å². The van der Waals surface area contributed by atoms with Gasteiger partial charge in [0.15, 0.2) is 6.61 Å². The number of hydrogen-bond acceptors (Lipinski definition) is 3. The minimum absolute atomic E-state index is 0.0936. The van der Waals surface area contributed by atoms with Crippen LogP contribution in [0.5, 0.6) is 5.75 Å². The summed E-state index contributed by atoms with van der Waals surface area (Å²) < 4.78 is 5.20. The molecule has 3 heteroatoms. The summed E-state index contributed by atoms with van der Waals surface area (Å²) in [6, 6.07) is 10.2. The highest BCUT2D eigenvalue weighted by molar-refractivity contribution is 5.47. The van der Waals surface area contributed by atoms with Gasteiger partial charge in [0, 0.05) is 11.7 Å². The number of nitriles is 1. The van der Waals surface area contributed by atoms with Gasteiger partial charge in [0.25, 0.3) is 0 Å². The van der Waals surface area contributed by atoms with E-state index < -0.39 is 0 Å². The number of nitrogens with one attached hydrogen (secondary N) is 1. The van der Waals surface area contributed by atoms with Gasteiger partial charge in [-0.25, -0.2) is 0 Å². The lowest BCUT2D eigenvalue weighted by atomic mass is 10.0. The standard InChI is InChI=1S/C14H20N2O/c1-4-14(11(2)3)16-12-5-7-13(8-6-12)17-10-9-15/h5-8,11,14,16H,4,10H2,1-3H3. The summed E-state index contributed by atoms with van der Waals surface area (Å²) >= 11 is 0. The van der Waals surface area contributed by atoms with Crippen LogP contribution in [0.4, 0.5) is 5.69 Å². The van der Waals surface area contributed by atoms with Gasteiger partial charge in [0.2, 0.25) is 0 Å². The van der Waals surface area contributed by atoms with Crippen LogP contribution in [0.1, 0.15) is 27.2 Å². The lowest BCUT2D eigenvalue weighted by molar-refractivity contribution is 0.368. The molecule has 0 heterocycles. The van der Waals surface area contributed by atoms with Gasteiger partial charge in [-0.1, -0.05) is 20.8 Å². The summed E-state index contributed by atoms with van der Waals surface area (Å²) in [6.07, 6.45) is 1.10. The third-order valence-electron chi connectivity index (χ3n) is 2.75. The summed E-state index contributed by atoms with van der Waals surface area (Å²) in [7, 11) is 0. The highest BCUT2D eigenvalue weighted by Crippen LogP contribution is 2.19. The minimum atomic E-state index is 0.0936. The predicted octanol–water partition coefficient (Wildman–Crippen LogP) is 3.44. The number of anilines is 1. The molecule has 0 saturated carbocycles. The molecule has 0 aliphatic rings. The Morgan fingerprint density at radius 2 is 1.94 bits per heavy atom. The molecule has 0 aliphatic heterocycles. The third-order valence-corrected chi connectivity index (χ3v) is 2.75. The molecule has 0 aromatic heterocycles. The molecule has 1 aromatic rings. The van der Waals surface area contributed by atoms with E-state index in [1.165, 1.54) is 0 Å². The first kappa shape index (κ1) is 13.4. The minimum Gasteiger partial charge on any atom is -0.479 e. The van der Waals surface area contributed by atoms with Crippen molar-refractivity contribution in [2.45, 2.75) is 33.2 Å². The summed E-state index contributed by atoms with van der Waals surface area (Å²) in [5.41, 5.74) is 1.09. The van der Waals surface area contributed by atoms with Gasteiger partial charge in [-0.15, -0.1) is 0 Å². The van der Waals surface area contributed by atoms with Crippen molar-refractivity contribution in [3.8, 4) is 11.8 Å². The molecule has 92 valence electrons. The van der Waals surface area contributed by atoms with Crippen molar-refractivity contribution < 1.29 is 4.74 Å². The van der Waals surface area contributed by atoms with E-state index in [0.29, 0.717) is 12.0 Å². The maximum absolute atomic E-state index is 8.41. The van der Waals surface area contributed by atoms with Gasteiger partial charge in [-0.2, -0.15) is 5.26 Å². The van der Waals surface area contributed by atoms with Gasteiger partial charge in [0.05, 0.1) is 0 Å². The normalized spacial score (nSPS) is 11.9. The fourth-order valence-electron chi connectivity index (χ4n) is 1.72. The zero-order chi connectivity index (χ0) is 12.7. The first-order chi connectivity index (χ1) is 8.17. The van der Waals surface area contributed by atoms with E-state index in [1.54, 1.807) is 0 Å². The molecule has 0 spiro atoms. The smallest absolute Gasteiger partial charge is 0.174 e. The maximum Gasteiger partial charge on any atom is 0.174 e. The highest BCUT2D eigenvalue weighted by atomic mass is 16.5. The molecule has 1 rings (SSSR count). The van der Waals surface area contributed by atoms with Crippen LogP contribution in [0.3, 0.4) is 0 Å². The zero-order valence-corrected chi connectivity index (χ0v) is 10.7. The quantitative estimate of drug-likeness (QED) is 0.817. The Morgan fingerprint density at radius 3 is 2.41 bits per heavy atom. The SMILES string of the molecule is CCC(Nc1ccc(OCC#N)cc1)C(C)C. The molecule has 3 nitrogen and oxygen atoms in total. The van der Waals surface area contributed by atoms with Crippen molar-refractivity contribution in [1.82, 2.24) is 0 Å². The molecule has 1 atom stereocenters. The molecule has 17 heavy (non-hydrogen) atoms. The van der Waals surface area contributed by atoms with Crippen molar-refractivity contribution in [1.29, 1.82) is 5.26 Å². The van der Waals surface area contributed by atoms with Crippen LogP contribution in [0.25, 0.3) is 0 Å². The molecule has 0 fully saturated rings. The van der Waals surface area contributed by atoms with Crippen molar-refractivity contribution in [3.05, 3.63) is 24.3 Å². The molecule has 0 amide bonds. The van der Waals surface area contributed by atoms with Gasteiger partial charge < -0.3 is 10.1 Å². The Labute approximate surface area is 103 Å². The first-order valence-corrected chi connectivity index (χ1v) is 6.03. The number of rotatable bonds is 6. The van der Waals surface area contributed by atoms with Gasteiger partial charge in [0.1, 0.15) is 11.8 Å². The number of ether oxygens (including phenoxy) is 1. The molecule has 1 aromatic carbocycles. The number of nitrogens with zero attached hydrogens (tertiary/aromatic N) is 1. The van der Waals surface area contributed by atoms with E-state index in [-0.39, 0.29) is 6.61 Å². The molecule has 1 N–H and O–H groups in total. The molecule has 0 bridgehead atoms. The molecular formula is C14H20N2O. The van der Waals surface area contributed by atoms with Crippen LogP contribution in [0.15, 0.2) is 24.3 Å². The monoisotopic (exact) mass is 232 g/mol. The van der Waals surface area contributed by atoms with E-state index in [4.69, 9.17) is 10.00 Å². The Balaban J connectivity index is 2.58. The average molecular weight is 232 g/mol. The Bertz CT molecular complexity index is 365. The molecular weight excluding hydrogens is 212 g/mol. The maximum atomic E-state index is 8.41.